The fourth-order valence-corrected chi connectivity index (χ4v) is 2.13. The van der Waals surface area contributed by atoms with E-state index in [0.29, 0.717) is 19.5 Å². The molecule has 1 fully saturated rings. The average molecular weight is 248 g/mol. The van der Waals surface area contributed by atoms with Gasteiger partial charge in [0.2, 0.25) is 5.91 Å². The largest absolute Gasteiger partial charge is 0.481 e. The number of aliphatic carboxylic acids is 1. The zero-order valence-corrected chi connectivity index (χ0v) is 9.93. The van der Waals surface area contributed by atoms with Gasteiger partial charge in [-0.05, 0) is 12.0 Å². The van der Waals surface area contributed by atoms with E-state index in [4.69, 9.17) is 5.11 Å². The number of hydrogen-bond acceptors (Lipinski definition) is 3. The van der Waals surface area contributed by atoms with Crippen LogP contribution in [0.1, 0.15) is 12.0 Å². The molecular weight excluding hydrogens is 232 g/mol. The van der Waals surface area contributed by atoms with Crippen LogP contribution in [0.3, 0.4) is 0 Å². The first kappa shape index (κ1) is 12.6. The number of carboxylic acids is 1. The van der Waals surface area contributed by atoms with Gasteiger partial charge < -0.3 is 15.7 Å². The molecule has 0 aliphatic carbocycles. The minimum Gasteiger partial charge on any atom is -0.481 e. The summed E-state index contributed by atoms with van der Waals surface area (Å²) < 4.78 is 0. The molecule has 1 saturated heterocycles. The molecule has 96 valence electrons. The number of amides is 1. The summed E-state index contributed by atoms with van der Waals surface area (Å²) in [7, 11) is 0. The lowest BCUT2D eigenvalue weighted by molar-refractivity contribution is -0.147. The van der Waals surface area contributed by atoms with Crippen LogP contribution >= 0.6 is 0 Å². The molecule has 0 aromatic heterocycles. The lowest BCUT2D eigenvalue weighted by Gasteiger charge is -2.28. The van der Waals surface area contributed by atoms with E-state index in [1.54, 1.807) is 0 Å². The van der Waals surface area contributed by atoms with Gasteiger partial charge in [0, 0.05) is 13.1 Å². The molecule has 1 heterocycles. The average Bonchev–Trinajstić information content (AvgIpc) is 2.38. The Kier molecular flexibility index (Phi) is 3.94. The Hall–Kier alpha value is -1.88. The maximum atomic E-state index is 11.7. The van der Waals surface area contributed by atoms with Crippen LogP contribution in [0, 0.1) is 5.92 Å². The molecule has 2 atom stereocenters. The molecule has 1 aromatic carbocycles. The summed E-state index contributed by atoms with van der Waals surface area (Å²) in [5.41, 5.74) is 1.03. The fourth-order valence-electron chi connectivity index (χ4n) is 2.13. The van der Waals surface area contributed by atoms with E-state index in [9.17, 15) is 9.59 Å². The van der Waals surface area contributed by atoms with Crippen LogP contribution in [-0.2, 0) is 16.1 Å². The number of benzene rings is 1. The highest BCUT2D eigenvalue weighted by molar-refractivity contribution is 5.88. The zero-order chi connectivity index (χ0) is 13.0. The molecule has 1 aliphatic heterocycles. The SMILES string of the molecule is O=C(O)[C@H]1CCNC(=O)[C@H]1NCc1ccccc1. The number of carbonyl (C=O) groups excluding carboxylic acids is 1. The van der Waals surface area contributed by atoms with Crippen molar-refractivity contribution < 1.29 is 14.7 Å². The third-order valence-electron chi connectivity index (χ3n) is 3.13. The van der Waals surface area contributed by atoms with Crippen molar-refractivity contribution in [3.63, 3.8) is 0 Å². The second kappa shape index (κ2) is 5.64. The van der Waals surface area contributed by atoms with Gasteiger partial charge in [0.05, 0.1) is 5.92 Å². The molecule has 5 heteroatoms. The third-order valence-corrected chi connectivity index (χ3v) is 3.13. The summed E-state index contributed by atoms with van der Waals surface area (Å²) in [6.07, 6.45) is 0.466. The highest BCUT2D eigenvalue weighted by Gasteiger charge is 2.36. The molecule has 1 aliphatic rings. The Labute approximate surface area is 105 Å². The number of carbonyl (C=O) groups is 2. The van der Waals surface area contributed by atoms with E-state index in [0.717, 1.165) is 5.56 Å². The maximum Gasteiger partial charge on any atom is 0.308 e. The van der Waals surface area contributed by atoms with Crippen LogP contribution in [0.25, 0.3) is 0 Å². The Morgan fingerprint density at radius 3 is 2.78 bits per heavy atom. The highest BCUT2D eigenvalue weighted by atomic mass is 16.4. The van der Waals surface area contributed by atoms with Crippen molar-refractivity contribution in [3.8, 4) is 0 Å². The summed E-state index contributed by atoms with van der Waals surface area (Å²) in [4.78, 5) is 22.8. The molecule has 3 N–H and O–H groups in total. The van der Waals surface area contributed by atoms with Crippen LogP contribution < -0.4 is 10.6 Å². The Bertz CT molecular complexity index is 433. The van der Waals surface area contributed by atoms with E-state index in [1.165, 1.54) is 0 Å². The normalized spacial score (nSPS) is 23.4. The molecule has 0 radical (unpaired) electrons. The van der Waals surface area contributed by atoms with E-state index in [2.05, 4.69) is 10.6 Å². The van der Waals surface area contributed by atoms with Crippen LogP contribution in [0.15, 0.2) is 30.3 Å². The molecule has 18 heavy (non-hydrogen) atoms. The van der Waals surface area contributed by atoms with Crippen LogP contribution in [-0.4, -0.2) is 29.6 Å². The lowest BCUT2D eigenvalue weighted by Crippen LogP contribution is -2.55. The number of nitrogens with one attached hydrogen (secondary N) is 2. The summed E-state index contributed by atoms with van der Waals surface area (Å²) in [5, 5.41) is 14.8. The quantitative estimate of drug-likeness (QED) is 0.719. The van der Waals surface area contributed by atoms with Crippen molar-refractivity contribution >= 4 is 11.9 Å². The molecule has 0 unspecified atom stereocenters. The van der Waals surface area contributed by atoms with Crippen LogP contribution in [0.2, 0.25) is 0 Å². The molecule has 5 nitrogen and oxygen atoms in total. The van der Waals surface area contributed by atoms with Crippen molar-refractivity contribution in [1.82, 2.24) is 10.6 Å². The minimum atomic E-state index is -0.921. The summed E-state index contributed by atoms with van der Waals surface area (Å²) in [5.74, 6) is -1.80. The second-order valence-electron chi connectivity index (χ2n) is 4.37. The Balaban J connectivity index is 2.00. The molecule has 1 amide bonds. The predicted octanol–water partition coefficient (Wildman–Crippen LogP) is 0.366. The van der Waals surface area contributed by atoms with Crippen LogP contribution in [0.4, 0.5) is 0 Å². The van der Waals surface area contributed by atoms with E-state index in [1.807, 2.05) is 30.3 Å². The standard InChI is InChI=1S/C13H16N2O3/c16-12-11(10(13(17)18)6-7-14-12)15-8-9-4-2-1-3-5-9/h1-5,10-11,15H,6-8H2,(H,14,16)(H,17,18)/t10-,11-/m0/s1. The minimum absolute atomic E-state index is 0.232. The van der Waals surface area contributed by atoms with Gasteiger partial charge in [-0.3, -0.25) is 9.59 Å². The first-order chi connectivity index (χ1) is 8.68. The van der Waals surface area contributed by atoms with Crippen molar-refractivity contribution in [2.45, 2.75) is 19.0 Å². The van der Waals surface area contributed by atoms with E-state index in [-0.39, 0.29) is 5.91 Å². The van der Waals surface area contributed by atoms with Crippen molar-refractivity contribution in [2.24, 2.45) is 5.92 Å². The molecule has 0 bridgehead atoms. The van der Waals surface area contributed by atoms with Crippen molar-refractivity contribution in [1.29, 1.82) is 0 Å². The number of rotatable bonds is 4. The van der Waals surface area contributed by atoms with Gasteiger partial charge in [0.15, 0.2) is 0 Å². The number of hydrogen-bond donors (Lipinski definition) is 3. The predicted molar refractivity (Wildman–Crippen MR) is 65.8 cm³/mol. The summed E-state index contributed by atoms with van der Waals surface area (Å²) in [6, 6.07) is 8.94. The van der Waals surface area contributed by atoms with Crippen LogP contribution in [0.5, 0.6) is 0 Å². The Morgan fingerprint density at radius 1 is 1.39 bits per heavy atom. The number of carboxylic acid groups (broad SMARTS) is 1. The fraction of sp³-hybridized carbons (Fsp3) is 0.385. The first-order valence-electron chi connectivity index (χ1n) is 5.96. The topological polar surface area (TPSA) is 78.4 Å². The van der Waals surface area contributed by atoms with Gasteiger partial charge in [0.1, 0.15) is 6.04 Å². The Morgan fingerprint density at radius 2 is 2.11 bits per heavy atom. The van der Waals surface area contributed by atoms with Gasteiger partial charge in [-0.25, -0.2) is 0 Å². The molecule has 0 spiro atoms. The van der Waals surface area contributed by atoms with Crippen molar-refractivity contribution in [2.75, 3.05) is 6.54 Å². The maximum absolute atomic E-state index is 11.7. The smallest absolute Gasteiger partial charge is 0.308 e. The second-order valence-corrected chi connectivity index (χ2v) is 4.37. The van der Waals surface area contributed by atoms with Gasteiger partial charge in [0.25, 0.3) is 0 Å². The van der Waals surface area contributed by atoms with Crippen molar-refractivity contribution in [3.05, 3.63) is 35.9 Å². The molecule has 0 saturated carbocycles. The summed E-state index contributed by atoms with van der Waals surface area (Å²) in [6.45, 7) is 0.919. The first-order valence-corrected chi connectivity index (χ1v) is 5.96. The van der Waals surface area contributed by atoms with E-state index >= 15 is 0 Å². The van der Waals surface area contributed by atoms with Gasteiger partial charge in [-0.15, -0.1) is 0 Å². The number of piperidine rings is 1. The monoisotopic (exact) mass is 248 g/mol. The van der Waals surface area contributed by atoms with E-state index < -0.39 is 17.9 Å². The lowest BCUT2D eigenvalue weighted by atomic mass is 9.92. The van der Waals surface area contributed by atoms with Gasteiger partial charge >= 0.3 is 5.97 Å². The highest BCUT2D eigenvalue weighted by Crippen LogP contribution is 2.14. The van der Waals surface area contributed by atoms with Gasteiger partial charge in [-0.2, -0.15) is 0 Å². The molecule has 1 aromatic rings. The molecular formula is C13H16N2O3. The van der Waals surface area contributed by atoms with Gasteiger partial charge in [-0.1, -0.05) is 30.3 Å². The molecule has 2 rings (SSSR count). The third kappa shape index (κ3) is 2.87. The summed E-state index contributed by atoms with van der Waals surface area (Å²) >= 11 is 0. The zero-order valence-electron chi connectivity index (χ0n) is 9.93.